The van der Waals surface area contributed by atoms with Crippen molar-refractivity contribution in [2.45, 2.75) is 64.8 Å². The predicted octanol–water partition coefficient (Wildman–Crippen LogP) is 3.42. The zero-order valence-electron chi connectivity index (χ0n) is 21.2. The molecule has 0 aromatic carbocycles. The van der Waals surface area contributed by atoms with E-state index in [9.17, 15) is 24.3 Å². The van der Waals surface area contributed by atoms with E-state index >= 15 is 0 Å². The Morgan fingerprint density at radius 2 is 1.89 bits per heavy atom. The molecule has 36 heavy (non-hydrogen) atoms. The monoisotopic (exact) mass is 494 g/mol. The molecule has 0 aromatic rings. The fraction of sp³-hybridized carbons (Fsp3) is 0.655. The summed E-state index contributed by atoms with van der Waals surface area (Å²) in [5.74, 6) is 1.45. The SMILES string of the molecule is CCC1CC2CC3C4C/C=C\C(=O)NCCCC5NC(=O)/C(=C(O)\C=C\C4CC(=O)C3C2C1C)C5=O. The van der Waals surface area contributed by atoms with Crippen LogP contribution in [0.25, 0.3) is 0 Å². The Labute approximate surface area is 212 Å². The minimum absolute atomic E-state index is 0.0684. The van der Waals surface area contributed by atoms with Crippen LogP contribution >= 0.6 is 0 Å². The lowest BCUT2D eigenvalue weighted by Gasteiger charge is -2.40. The quantitative estimate of drug-likeness (QED) is 0.484. The number of nitrogens with one attached hydrogen (secondary N) is 2. The highest BCUT2D eigenvalue weighted by Gasteiger charge is 2.58. The van der Waals surface area contributed by atoms with Crippen molar-refractivity contribution in [3.05, 3.63) is 35.6 Å². The first-order chi connectivity index (χ1) is 17.3. The van der Waals surface area contributed by atoms with Crippen LogP contribution in [0.5, 0.6) is 0 Å². The van der Waals surface area contributed by atoms with E-state index in [0.29, 0.717) is 61.7 Å². The van der Waals surface area contributed by atoms with Gasteiger partial charge in [-0.2, -0.15) is 0 Å². The third kappa shape index (κ3) is 4.35. The molecule has 9 unspecified atom stereocenters. The molecule has 0 aromatic heterocycles. The Balaban J connectivity index is 1.46. The molecule has 9 atom stereocenters. The summed E-state index contributed by atoms with van der Waals surface area (Å²) in [7, 11) is 0. The van der Waals surface area contributed by atoms with Gasteiger partial charge in [0.25, 0.3) is 5.91 Å². The van der Waals surface area contributed by atoms with Gasteiger partial charge in [0.1, 0.15) is 17.1 Å². The van der Waals surface area contributed by atoms with Gasteiger partial charge in [-0.25, -0.2) is 0 Å². The van der Waals surface area contributed by atoms with Crippen LogP contribution in [-0.2, 0) is 19.2 Å². The largest absolute Gasteiger partial charge is 0.507 e. The van der Waals surface area contributed by atoms with Crippen LogP contribution in [0, 0.1) is 47.3 Å². The average molecular weight is 495 g/mol. The zero-order valence-corrected chi connectivity index (χ0v) is 21.2. The number of Topliss-reactive ketones (excluding diaryl/α,β-unsaturated/α-hetero) is 2. The van der Waals surface area contributed by atoms with Gasteiger partial charge >= 0.3 is 0 Å². The fourth-order valence-corrected chi connectivity index (χ4v) is 8.22. The third-order valence-corrected chi connectivity index (χ3v) is 9.88. The molecule has 194 valence electrons. The van der Waals surface area contributed by atoms with Gasteiger partial charge in [0, 0.05) is 18.9 Å². The van der Waals surface area contributed by atoms with Crippen LogP contribution in [0.2, 0.25) is 0 Å². The van der Waals surface area contributed by atoms with Crippen LogP contribution < -0.4 is 10.6 Å². The molecule has 0 radical (unpaired) electrons. The zero-order chi connectivity index (χ0) is 25.6. The van der Waals surface area contributed by atoms with Crippen molar-refractivity contribution in [1.82, 2.24) is 10.6 Å². The highest BCUT2D eigenvalue weighted by atomic mass is 16.3. The summed E-state index contributed by atoms with van der Waals surface area (Å²) < 4.78 is 0. The predicted molar refractivity (Wildman–Crippen MR) is 134 cm³/mol. The number of hydrogen-bond acceptors (Lipinski definition) is 5. The first-order valence-electron chi connectivity index (χ1n) is 13.7. The van der Waals surface area contributed by atoms with Gasteiger partial charge in [0.05, 0.1) is 6.04 Å². The van der Waals surface area contributed by atoms with Crippen molar-refractivity contribution in [3.63, 3.8) is 0 Å². The Bertz CT molecular complexity index is 1040. The second kappa shape index (κ2) is 9.98. The standard InChI is InChI=1S/C29H38N2O5/c1-3-16-12-18-13-20-19-6-4-8-24(34)30-11-5-7-21-28(35)27(29(36)31-21)22(32)10-9-17(19)14-23(33)26(20)25(18)15(16)2/h4,8-10,15-21,25-26,32H,3,5-7,11-14H2,1-2H3,(H,30,34)(H,31,36)/b8-4-,10-9+,27-22+. The first kappa shape index (κ1) is 25.0. The topological polar surface area (TPSA) is 113 Å². The lowest BCUT2D eigenvalue weighted by Crippen LogP contribution is -2.41. The van der Waals surface area contributed by atoms with E-state index in [4.69, 9.17) is 0 Å². The number of rotatable bonds is 1. The van der Waals surface area contributed by atoms with Gasteiger partial charge in [-0.15, -0.1) is 0 Å². The number of carbonyl (C=O) groups excluding carboxylic acids is 4. The molecule has 2 bridgehead atoms. The van der Waals surface area contributed by atoms with Gasteiger partial charge < -0.3 is 15.7 Å². The summed E-state index contributed by atoms with van der Waals surface area (Å²) in [5.41, 5.74) is -0.210. The molecule has 1 saturated heterocycles. The highest BCUT2D eigenvalue weighted by molar-refractivity contribution is 6.27. The normalized spacial score (nSPS) is 44.9. The number of allylic oxidation sites excluding steroid dienone is 3. The molecule has 7 nitrogen and oxygen atoms in total. The van der Waals surface area contributed by atoms with Crippen molar-refractivity contribution < 1.29 is 24.3 Å². The summed E-state index contributed by atoms with van der Waals surface area (Å²) >= 11 is 0. The molecule has 2 aliphatic heterocycles. The first-order valence-corrected chi connectivity index (χ1v) is 13.7. The van der Waals surface area contributed by atoms with Crippen molar-refractivity contribution in [1.29, 1.82) is 0 Å². The third-order valence-electron chi connectivity index (χ3n) is 9.88. The Morgan fingerprint density at radius 1 is 1.08 bits per heavy atom. The fourth-order valence-electron chi connectivity index (χ4n) is 8.22. The number of aliphatic hydroxyl groups is 1. The van der Waals surface area contributed by atoms with E-state index in [0.717, 1.165) is 12.8 Å². The molecule has 0 spiro atoms. The Morgan fingerprint density at radius 3 is 2.67 bits per heavy atom. The number of fused-ring (bicyclic) bond motifs is 7. The molecule has 4 fully saturated rings. The summed E-state index contributed by atoms with van der Waals surface area (Å²) in [6.45, 7) is 4.98. The molecule has 5 rings (SSSR count). The Kier molecular flexibility index (Phi) is 6.92. The molecule has 3 N–H and O–H groups in total. The number of carbonyl (C=O) groups is 4. The van der Waals surface area contributed by atoms with Crippen LogP contribution in [0.1, 0.15) is 58.8 Å². The van der Waals surface area contributed by atoms with Gasteiger partial charge in [-0.3, -0.25) is 19.2 Å². The van der Waals surface area contributed by atoms with E-state index in [1.807, 2.05) is 12.2 Å². The summed E-state index contributed by atoms with van der Waals surface area (Å²) in [6, 6.07) is -0.694. The van der Waals surface area contributed by atoms with Crippen molar-refractivity contribution >= 4 is 23.4 Å². The maximum atomic E-state index is 13.5. The molecule has 7 heteroatoms. The second-order valence-electron chi connectivity index (χ2n) is 11.6. The van der Waals surface area contributed by atoms with Gasteiger partial charge in [0.2, 0.25) is 5.91 Å². The van der Waals surface area contributed by atoms with E-state index in [-0.39, 0.29) is 40.9 Å². The average Bonchev–Trinajstić information content (AvgIpc) is 3.46. The number of aliphatic hydroxyl groups excluding tert-OH is 1. The smallest absolute Gasteiger partial charge is 0.259 e. The summed E-state index contributed by atoms with van der Waals surface area (Å²) in [5, 5.41) is 16.2. The van der Waals surface area contributed by atoms with Gasteiger partial charge in [-0.05, 0) is 85.7 Å². The maximum absolute atomic E-state index is 13.5. The molecule has 2 heterocycles. The van der Waals surface area contributed by atoms with Crippen LogP contribution in [0.3, 0.4) is 0 Å². The molecule has 3 aliphatic carbocycles. The highest BCUT2D eigenvalue weighted by Crippen LogP contribution is 2.61. The Hall–Kier alpha value is -2.70. The van der Waals surface area contributed by atoms with Crippen molar-refractivity contribution in [3.8, 4) is 0 Å². The molecular formula is C29H38N2O5. The number of ketones is 2. The summed E-state index contributed by atoms with van der Waals surface area (Å²) in [4.78, 5) is 51.1. The lowest BCUT2D eigenvalue weighted by molar-refractivity contribution is -0.131. The number of hydrogen-bond donors (Lipinski definition) is 3. The van der Waals surface area contributed by atoms with Crippen molar-refractivity contribution in [2.75, 3.05) is 6.54 Å². The minimum atomic E-state index is -0.694. The maximum Gasteiger partial charge on any atom is 0.259 e. The van der Waals surface area contributed by atoms with Crippen LogP contribution in [0.4, 0.5) is 0 Å². The van der Waals surface area contributed by atoms with Gasteiger partial charge in [0.15, 0.2) is 5.78 Å². The molecule has 3 saturated carbocycles. The molecule has 2 amide bonds. The minimum Gasteiger partial charge on any atom is -0.507 e. The lowest BCUT2D eigenvalue weighted by atomic mass is 9.63. The van der Waals surface area contributed by atoms with E-state index in [2.05, 4.69) is 24.5 Å². The second-order valence-corrected chi connectivity index (χ2v) is 11.6. The van der Waals surface area contributed by atoms with E-state index in [1.165, 1.54) is 12.5 Å². The summed E-state index contributed by atoms with van der Waals surface area (Å²) in [6.07, 6.45) is 12.2. The van der Waals surface area contributed by atoms with E-state index in [1.54, 1.807) is 6.08 Å². The number of amides is 2. The van der Waals surface area contributed by atoms with Crippen molar-refractivity contribution in [2.24, 2.45) is 47.3 Å². The van der Waals surface area contributed by atoms with Gasteiger partial charge in [-0.1, -0.05) is 32.4 Å². The molecule has 5 aliphatic rings. The van der Waals surface area contributed by atoms with E-state index < -0.39 is 17.7 Å². The molecular weight excluding hydrogens is 456 g/mol. The van der Waals surface area contributed by atoms with Crippen LogP contribution in [-0.4, -0.2) is 41.1 Å². The van der Waals surface area contributed by atoms with Crippen LogP contribution in [0.15, 0.2) is 35.6 Å².